The Bertz CT molecular complexity index is 1450. The number of nitrogens with zero attached hydrogens (tertiary/aromatic N) is 3. The molecule has 4 rings (SSSR count). The molecular formula is C26H27N3O5. The molecule has 1 unspecified atom stereocenters. The number of benzene rings is 2. The van der Waals surface area contributed by atoms with Gasteiger partial charge in [-0.2, -0.15) is 5.26 Å². The first-order valence-corrected chi connectivity index (χ1v) is 10.8. The lowest BCUT2D eigenvalue weighted by Gasteiger charge is -2.28. The maximum absolute atomic E-state index is 12.9. The summed E-state index contributed by atoms with van der Waals surface area (Å²) in [6.45, 7) is 9.21. The van der Waals surface area contributed by atoms with Gasteiger partial charge in [0.2, 0.25) is 5.89 Å². The molecule has 0 bridgehead atoms. The zero-order valence-corrected chi connectivity index (χ0v) is 20.3. The normalized spacial score (nSPS) is 13.6. The number of nitriles is 1. The quantitative estimate of drug-likeness (QED) is 0.386. The topological polar surface area (TPSA) is 99.5 Å². The van der Waals surface area contributed by atoms with Crippen molar-refractivity contribution in [3.8, 4) is 11.8 Å². The van der Waals surface area contributed by atoms with Gasteiger partial charge in [0.25, 0.3) is 0 Å². The Morgan fingerprint density at radius 2 is 1.88 bits per heavy atom. The Hall–Kier alpha value is -3.83. The number of hydrogen-bond acceptors (Lipinski definition) is 7. The van der Waals surface area contributed by atoms with Crippen LogP contribution in [0.25, 0.3) is 22.0 Å². The fraction of sp³-hybridized carbons (Fsp3) is 0.346. The lowest BCUT2D eigenvalue weighted by Crippen LogP contribution is -2.28. The fourth-order valence-electron chi connectivity index (χ4n) is 4.12. The molecule has 0 saturated heterocycles. The van der Waals surface area contributed by atoms with Gasteiger partial charge in [-0.25, -0.2) is 9.78 Å². The van der Waals surface area contributed by atoms with E-state index < -0.39 is 17.3 Å². The third kappa shape index (κ3) is 3.78. The number of fused-ring (bicyclic) bond motifs is 2. The summed E-state index contributed by atoms with van der Waals surface area (Å²) < 4.78 is 24.9. The molecule has 34 heavy (non-hydrogen) atoms. The van der Waals surface area contributed by atoms with Gasteiger partial charge in [-0.15, -0.1) is 0 Å². The Kier molecular flexibility index (Phi) is 5.62. The molecule has 2 aromatic carbocycles. The Balaban J connectivity index is 1.97. The summed E-state index contributed by atoms with van der Waals surface area (Å²) in [5, 5.41) is 9.97. The number of oxazole rings is 1. The molecule has 0 aliphatic carbocycles. The van der Waals surface area contributed by atoms with Crippen LogP contribution in [0.1, 0.15) is 50.3 Å². The number of ether oxygens (including phenoxy) is 3. The molecular weight excluding hydrogens is 434 g/mol. The van der Waals surface area contributed by atoms with Crippen LogP contribution in [0.2, 0.25) is 0 Å². The number of aryl methyl sites for hydroxylation is 1. The van der Waals surface area contributed by atoms with E-state index in [1.165, 1.54) is 4.57 Å². The highest BCUT2D eigenvalue weighted by Crippen LogP contribution is 2.44. The average Bonchev–Trinajstić information content (AvgIpc) is 3.42. The highest BCUT2D eigenvalue weighted by Gasteiger charge is 2.40. The van der Waals surface area contributed by atoms with Gasteiger partial charge in [-0.3, -0.25) is 4.57 Å². The second-order valence-corrected chi connectivity index (χ2v) is 9.25. The zero-order chi connectivity index (χ0) is 24.8. The predicted octanol–water partition coefficient (Wildman–Crippen LogP) is 5.66. The van der Waals surface area contributed by atoms with Gasteiger partial charge < -0.3 is 18.6 Å². The van der Waals surface area contributed by atoms with Crippen LogP contribution < -0.4 is 4.74 Å². The van der Waals surface area contributed by atoms with Crippen molar-refractivity contribution >= 4 is 28.1 Å². The minimum Gasteiger partial charge on any atom is -0.496 e. The molecule has 1 atom stereocenters. The van der Waals surface area contributed by atoms with E-state index in [0.29, 0.717) is 39.4 Å². The van der Waals surface area contributed by atoms with Gasteiger partial charge in [-0.05, 0) is 70.5 Å². The van der Waals surface area contributed by atoms with E-state index in [4.69, 9.17) is 18.6 Å². The molecule has 0 amide bonds. The van der Waals surface area contributed by atoms with E-state index in [-0.39, 0.29) is 0 Å². The molecule has 2 aromatic heterocycles. The van der Waals surface area contributed by atoms with Crippen LogP contribution in [0.15, 0.2) is 40.9 Å². The number of rotatable bonds is 4. The van der Waals surface area contributed by atoms with Crippen molar-refractivity contribution in [1.29, 1.82) is 5.26 Å². The Labute approximate surface area is 197 Å². The largest absolute Gasteiger partial charge is 0.496 e. The first-order valence-electron chi connectivity index (χ1n) is 10.8. The third-order valence-electron chi connectivity index (χ3n) is 5.74. The van der Waals surface area contributed by atoms with Gasteiger partial charge >= 0.3 is 6.09 Å². The van der Waals surface area contributed by atoms with Crippen LogP contribution in [0.3, 0.4) is 0 Å². The maximum atomic E-state index is 12.9. The van der Waals surface area contributed by atoms with Crippen LogP contribution in [0.5, 0.6) is 5.75 Å². The second-order valence-electron chi connectivity index (χ2n) is 9.25. The molecule has 0 fully saturated rings. The smallest absolute Gasteiger partial charge is 0.419 e. The number of carbonyl (C=O) groups excluding carboxylic acids is 1. The molecule has 0 spiro atoms. The van der Waals surface area contributed by atoms with Crippen molar-refractivity contribution in [2.24, 2.45) is 0 Å². The summed E-state index contributed by atoms with van der Waals surface area (Å²) in [5.41, 5.74) is 1.93. The summed E-state index contributed by atoms with van der Waals surface area (Å²) >= 11 is 0. The minimum atomic E-state index is -1.16. The summed E-state index contributed by atoms with van der Waals surface area (Å²) in [6, 6.07) is 10.8. The molecule has 4 aromatic rings. The second kappa shape index (κ2) is 8.19. The van der Waals surface area contributed by atoms with E-state index in [9.17, 15) is 10.1 Å². The van der Waals surface area contributed by atoms with E-state index in [1.54, 1.807) is 38.6 Å². The molecule has 8 nitrogen and oxygen atoms in total. The van der Waals surface area contributed by atoms with E-state index in [1.807, 2.05) is 46.8 Å². The van der Waals surface area contributed by atoms with Crippen molar-refractivity contribution in [2.75, 3.05) is 14.2 Å². The summed E-state index contributed by atoms with van der Waals surface area (Å²) in [4.78, 5) is 17.6. The van der Waals surface area contributed by atoms with Crippen LogP contribution in [-0.4, -0.2) is 35.5 Å². The number of carbonyl (C=O) groups is 1. The molecule has 0 saturated carbocycles. The average molecular weight is 462 g/mol. The van der Waals surface area contributed by atoms with Crippen molar-refractivity contribution in [2.45, 2.75) is 45.8 Å². The highest BCUT2D eigenvalue weighted by atomic mass is 16.6. The van der Waals surface area contributed by atoms with Crippen LogP contribution in [-0.2, 0) is 15.1 Å². The third-order valence-corrected chi connectivity index (χ3v) is 5.74. The number of methoxy groups -OCH3 is 2. The molecule has 0 aliphatic heterocycles. The van der Waals surface area contributed by atoms with Gasteiger partial charge in [0.05, 0.1) is 24.3 Å². The SMILES string of the molecule is COc1cc(C)c2c(ccn2C(=O)OC(C)(C)C)c1C(C)(OC)c1nc2cc(C#N)ccc2o1. The Morgan fingerprint density at radius 3 is 2.50 bits per heavy atom. The van der Waals surface area contributed by atoms with Crippen LogP contribution in [0.4, 0.5) is 4.79 Å². The van der Waals surface area contributed by atoms with Gasteiger partial charge in [-0.1, -0.05) is 0 Å². The predicted molar refractivity (Wildman–Crippen MR) is 127 cm³/mol. The van der Waals surface area contributed by atoms with Gasteiger partial charge in [0, 0.05) is 24.3 Å². The van der Waals surface area contributed by atoms with Crippen molar-refractivity contribution in [3.63, 3.8) is 0 Å². The standard InChI is InChI=1S/C26H27N3O5/c1-15-12-20(31-6)21(17-10-11-29(22(15)17)24(30)34-25(2,3)4)26(5,32-7)23-28-18-13-16(14-27)8-9-19(18)33-23/h8-13H,1-7H3. The molecule has 2 heterocycles. The van der Waals surface area contributed by atoms with Gasteiger partial charge in [0.1, 0.15) is 16.9 Å². The lowest BCUT2D eigenvalue weighted by atomic mass is 9.90. The molecule has 0 N–H and O–H groups in total. The van der Waals surface area contributed by atoms with Crippen molar-refractivity contribution in [3.05, 3.63) is 59.1 Å². The molecule has 0 aliphatic rings. The van der Waals surface area contributed by atoms with E-state index >= 15 is 0 Å². The Morgan fingerprint density at radius 1 is 1.15 bits per heavy atom. The maximum Gasteiger partial charge on any atom is 0.419 e. The summed E-state index contributed by atoms with van der Waals surface area (Å²) in [5.74, 6) is 0.866. The number of hydrogen-bond donors (Lipinski definition) is 0. The number of aromatic nitrogens is 2. The first-order chi connectivity index (χ1) is 16.0. The summed E-state index contributed by atoms with van der Waals surface area (Å²) in [6.07, 6.45) is 1.20. The van der Waals surface area contributed by atoms with E-state index in [2.05, 4.69) is 11.1 Å². The molecule has 176 valence electrons. The van der Waals surface area contributed by atoms with Gasteiger partial charge in [0.15, 0.2) is 11.2 Å². The van der Waals surface area contributed by atoms with Crippen molar-refractivity contribution in [1.82, 2.24) is 9.55 Å². The van der Waals surface area contributed by atoms with E-state index in [0.717, 1.165) is 10.9 Å². The zero-order valence-electron chi connectivity index (χ0n) is 20.3. The minimum absolute atomic E-state index is 0.300. The van der Waals surface area contributed by atoms with Crippen molar-refractivity contribution < 1.29 is 23.4 Å². The lowest BCUT2D eigenvalue weighted by molar-refractivity contribution is 0.0165. The molecule has 0 radical (unpaired) electrons. The molecule has 8 heteroatoms. The van der Waals surface area contributed by atoms with Crippen LogP contribution in [0, 0.1) is 18.3 Å². The monoisotopic (exact) mass is 461 g/mol. The van der Waals surface area contributed by atoms with Crippen LogP contribution >= 0.6 is 0 Å². The highest BCUT2D eigenvalue weighted by molar-refractivity contribution is 5.96. The fourth-order valence-corrected chi connectivity index (χ4v) is 4.12. The summed E-state index contributed by atoms with van der Waals surface area (Å²) in [7, 11) is 3.14. The first kappa shape index (κ1) is 23.3.